The van der Waals surface area contributed by atoms with Gasteiger partial charge in [-0.1, -0.05) is 0 Å². The van der Waals surface area contributed by atoms with Crippen molar-refractivity contribution in [2.75, 3.05) is 0 Å². The van der Waals surface area contributed by atoms with E-state index in [4.69, 9.17) is 0 Å². The molecule has 0 unspecified atom stereocenters. The quantitative estimate of drug-likeness (QED) is 0.474. The van der Waals surface area contributed by atoms with Gasteiger partial charge < -0.3 is 0 Å². The lowest BCUT2D eigenvalue weighted by Crippen LogP contribution is -2.70. The molecule has 19 heteroatoms. The third-order valence-electron chi connectivity index (χ3n) is 2.86. The summed E-state index contributed by atoms with van der Waals surface area (Å²) in [6.07, 6.45) is -15.5. The minimum atomic E-state index is -8.30. The smallest absolute Gasteiger partial charge is 0.286 e. The third kappa shape index (κ3) is 3.22. The van der Waals surface area contributed by atoms with Crippen LogP contribution >= 0.6 is 0 Å². The fourth-order valence-electron chi connectivity index (χ4n) is 1.23. The number of alkyl halides is 18. The van der Waals surface area contributed by atoms with Crippen molar-refractivity contribution in [1.29, 1.82) is 0 Å². The fraction of sp³-hybridized carbons (Fsp3) is 0.889. The molecule has 0 N–H and O–H groups in total. The predicted octanol–water partition coefficient (Wildman–Crippen LogP) is 5.49. The summed E-state index contributed by atoms with van der Waals surface area (Å²) in [7, 11) is 0. The van der Waals surface area contributed by atoms with E-state index in [0.29, 0.717) is 0 Å². The van der Waals surface area contributed by atoms with Gasteiger partial charge in [0, 0.05) is 0 Å². The second-order valence-corrected chi connectivity index (χ2v) is 4.77. The molecule has 0 aromatic heterocycles. The van der Waals surface area contributed by atoms with Crippen LogP contribution < -0.4 is 0 Å². The van der Waals surface area contributed by atoms with Crippen molar-refractivity contribution in [3.63, 3.8) is 0 Å². The molecule has 0 spiro atoms. The van der Waals surface area contributed by atoms with E-state index < -0.39 is 53.7 Å². The number of rotatable bonds is 6. The van der Waals surface area contributed by atoms with Gasteiger partial charge in [-0.3, -0.25) is 4.79 Å². The molecule has 0 amide bonds. The molecule has 0 aromatic rings. The Labute approximate surface area is 139 Å². The Morgan fingerprint density at radius 1 is 0.357 bits per heavy atom. The molecule has 0 aliphatic carbocycles. The van der Waals surface area contributed by atoms with Crippen LogP contribution in [0.1, 0.15) is 0 Å². The summed E-state index contributed by atoms with van der Waals surface area (Å²) < 4.78 is 223. The molecule has 0 saturated heterocycles. The van der Waals surface area contributed by atoms with Crippen LogP contribution in [0, 0.1) is 0 Å². The van der Waals surface area contributed by atoms with Crippen LogP contribution in [0.4, 0.5) is 79.0 Å². The highest BCUT2D eigenvalue weighted by molar-refractivity contribution is 5.94. The number of ketones is 1. The Hall–Kier alpha value is -1.59. The molecular weight excluding hydrogens is 466 g/mol. The van der Waals surface area contributed by atoms with Crippen LogP contribution in [0.3, 0.4) is 0 Å². The SMILES string of the molecule is O=C(C(F)(F)C(F)(F)C(F)(F)C(F)(F)F)C(F)(F)C(F)(F)C(F)(F)C(F)(F)F. The maximum atomic E-state index is 12.9. The fourth-order valence-corrected chi connectivity index (χ4v) is 1.23. The molecule has 0 radical (unpaired) electrons. The average Bonchev–Trinajstić information content (AvgIpc) is 2.42. The zero-order valence-corrected chi connectivity index (χ0v) is 11.7. The zero-order valence-electron chi connectivity index (χ0n) is 11.7. The van der Waals surface area contributed by atoms with Crippen molar-refractivity contribution in [1.82, 2.24) is 0 Å². The summed E-state index contributed by atoms with van der Waals surface area (Å²) in [6, 6.07) is 0. The van der Waals surface area contributed by atoms with Gasteiger partial charge in [-0.25, -0.2) is 0 Å². The van der Waals surface area contributed by atoms with E-state index in [1.807, 2.05) is 0 Å². The van der Waals surface area contributed by atoms with Crippen LogP contribution in [-0.2, 0) is 4.79 Å². The number of halogens is 18. The van der Waals surface area contributed by atoms with Crippen molar-refractivity contribution in [3.8, 4) is 0 Å². The minimum Gasteiger partial charge on any atom is -0.286 e. The molecule has 0 rings (SSSR count). The van der Waals surface area contributed by atoms with Crippen molar-refractivity contribution >= 4 is 5.78 Å². The van der Waals surface area contributed by atoms with Gasteiger partial charge >= 0.3 is 47.9 Å². The zero-order chi connectivity index (χ0) is 23.6. The molecule has 0 bridgehead atoms. The highest BCUT2D eigenvalue weighted by Crippen LogP contribution is 2.58. The van der Waals surface area contributed by atoms with Gasteiger partial charge in [-0.2, -0.15) is 79.0 Å². The summed E-state index contributed by atoms with van der Waals surface area (Å²) in [5, 5.41) is 0. The number of Topliss-reactive ketones (excluding diaryl/α,β-unsaturated/α-hetero) is 1. The lowest BCUT2D eigenvalue weighted by Gasteiger charge is -2.37. The molecule has 168 valence electrons. The summed E-state index contributed by atoms with van der Waals surface area (Å²) in [5.41, 5.74) is 0. The van der Waals surface area contributed by atoms with E-state index in [-0.39, 0.29) is 0 Å². The van der Waals surface area contributed by atoms with E-state index >= 15 is 0 Å². The van der Waals surface area contributed by atoms with Crippen LogP contribution in [0.2, 0.25) is 0 Å². The number of carbonyl (C=O) groups is 1. The summed E-state index contributed by atoms with van der Waals surface area (Å²) in [6.45, 7) is 0. The van der Waals surface area contributed by atoms with Gasteiger partial charge in [0.15, 0.2) is 0 Å². The van der Waals surface area contributed by atoms with Gasteiger partial charge in [-0.05, 0) is 0 Å². The van der Waals surface area contributed by atoms with Crippen LogP contribution in [0.15, 0.2) is 0 Å². The van der Waals surface area contributed by atoms with Crippen molar-refractivity contribution in [2.24, 2.45) is 0 Å². The maximum absolute atomic E-state index is 12.9. The first-order valence-corrected chi connectivity index (χ1v) is 5.61. The Kier molecular flexibility index (Phi) is 5.85. The topological polar surface area (TPSA) is 17.1 Å². The maximum Gasteiger partial charge on any atom is 0.460 e. The van der Waals surface area contributed by atoms with Crippen LogP contribution in [-0.4, -0.2) is 53.7 Å². The molecule has 0 heterocycles. The summed E-state index contributed by atoms with van der Waals surface area (Å²) in [5.74, 6) is -54.9. The highest BCUT2D eigenvalue weighted by atomic mass is 19.4. The van der Waals surface area contributed by atoms with Gasteiger partial charge in [0.2, 0.25) is 0 Å². The van der Waals surface area contributed by atoms with E-state index in [1.54, 1.807) is 0 Å². The second kappa shape index (κ2) is 6.20. The van der Waals surface area contributed by atoms with Crippen molar-refractivity contribution < 1.29 is 83.8 Å². The van der Waals surface area contributed by atoms with E-state index in [1.165, 1.54) is 0 Å². The monoisotopic (exact) mass is 466 g/mol. The molecule has 0 atom stereocenters. The molecular formula is C9F18O. The predicted molar refractivity (Wildman–Crippen MR) is 46.8 cm³/mol. The highest BCUT2D eigenvalue weighted by Gasteiger charge is 2.90. The van der Waals surface area contributed by atoms with Gasteiger partial charge in [0.1, 0.15) is 0 Å². The lowest BCUT2D eigenvalue weighted by molar-refractivity contribution is -0.402. The van der Waals surface area contributed by atoms with Crippen molar-refractivity contribution in [3.05, 3.63) is 0 Å². The normalized spacial score (nSPS) is 16.4. The van der Waals surface area contributed by atoms with Crippen LogP contribution in [0.25, 0.3) is 0 Å². The van der Waals surface area contributed by atoms with E-state index in [0.717, 1.165) is 0 Å². The molecule has 0 aliphatic heterocycles. The number of hydrogen-bond acceptors (Lipinski definition) is 1. The van der Waals surface area contributed by atoms with Gasteiger partial charge in [-0.15, -0.1) is 0 Å². The molecule has 0 aliphatic rings. The van der Waals surface area contributed by atoms with Gasteiger partial charge in [0.05, 0.1) is 0 Å². The largest absolute Gasteiger partial charge is 0.460 e. The first kappa shape index (κ1) is 26.4. The van der Waals surface area contributed by atoms with E-state index in [2.05, 4.69) is 0 Å². The Balaban J connectivity index is 6.54. The van der Waals surface area contributed by atoms with Gasteiger partial charge in [0.25, 0.3) is 5.78 Å². The van der Waals surface area contributed by atoms with Crippen LogP contribution in [0.5, 0.6) is 0 Å². The Morgan fingerprint density at radius 2 is 0.536 bits per heavy atom. The minimum absolute atomic E-state index is 5.75. The third-order valence-corrected chi connectivity index (χ3v) is 2.86. The molecule has 0 saturated carbocycles. The lowest BCUT2D eigenvalue weighted by atomic mass is 9.91. The number of hydrogen-bond donors (Lipinski definition) is 0. The summed E-state index contributed by atoms with van der Waals surface area (Å²) in [4.78, 5) is 10.5. The summed E-state index contributed by atoms with van der Waals surface area (Å²) >= 11 is 0. The van der Waals surface area contributed by atoms with Crippen molar-refractivity contribution in [2.45, 2.75) is 47.9 Å². The Bertz CT molecular complexity index is 554. The van der Waals surface area contributed by atoms with E-state index in [9.17, 15) is 83.8 Å². The first-order chi connectivity index (χ1) is 11.7. The number of carbonyl (C=O) groups excluding carboxylic acids is 1. The molecule has 0 fully saturated rings. The average molecular weight is 466 g/mol. The standard InChI is InChI=1S/C9F18O/c10-2(11,4(14,15)6(18,19)8(22,23)24)1(28)3(12,13)5(16,17)7(20,21)9(25,26)27. The molecule has 1 nitrogen and oxygen atoms in total. The molecule has 28 heavy (non-hydrogen) atoms. The molecule has 0 aromatic carbocycles. The first-order valence-electron chi connectivity index (χ1n) is 5.61. The second-order valence-electron chi connectivity index (χ2n) is 4.77. The Morgan fingerprint density at radius 3 is 0.679 bits per heavy atom.